The van der Waals surface area contributed by atoms with Gasteiger partial charge in [-0.1, -0.05) is 0 Å². The molecule has 1 unspecified atom stereocenters. The summed E-state index contributed by atoms with van der Waals surface area (Å²) in [5, 5.41) is 16.4. The normalized spacial score (nSPS) is 18.7. The molecule has 9 heteroatoms. The predicted octanol–water partition coefficient (Wildman–Crippen LogP) is 1.30. The van der Waals surface area contributed by atoms with Crippen LogP contribution in [-0.4, -0.2) is 38.0 Å². The summed E-state index contributed by atoms with van der Waals surface area (Å²) in [6, 6.07) is 4.36. The van der Waals surface area contributed by atoms with Crippen molar-refractivity contribution in [3.05, 3.63) is 33.9 Å². The number of nitrogens with zero attached hydrogens (tertiary/aromatic N) is 2. The summed E-state index contributed by atoms with van der Waals surface area (Å²) in [6.45, 7) is 2.33. The maximum atomic E-state index is 11.4. The SMILES string of the molecule is CC(=O)c1ccc(N2CCCC(CS(N)(=O)=O)C2)c([N+](=O)[O-])c1. The maximum absolute atomic E-state index is 11.4. The van der Waals surface area contributed by atoms with Crippen LogP contribution in [0.3, 0.4) is 0 Å². The van der Waals surface area contributed by atoms with Crippen molar-refractivity contribution in [3.63, 3.8) is 0 Å². The molecule has 1 aliphatic rings. The molecule has 0 saturated carbocycles. The summed E-state index contributed by atoms with van der Waals surface area (Å²) in [7, 11) is -3.58. The molecule has 0 bridgehead atoms. The molecule has 2 rings (SSSR count). The topological polar surface area (TPSA) is 124 Å². The first-order valence-corrected chi connectivity index (χ1v) is 8.93. The van der Waals surface area contributed by atoms with E-state index in [0.29, 0.717) is 25.2 Å². The van der Waals surface area contributed by atoms with Gasteiger partial charge in [0.2, 0.25) is 10.0 Å². The van der Waals surface area contributed by atoms with Crippen molar-refractivity contribution < 1.29 is 18.1 Å². The van der Waals surface area contributed by atoms with E-state index in [9.17, 15) is 23.3 Å². The molecule has 1 heterocycles. The fraction of sp³-hybridized carbons (Fsp3) is 0.500. The van der Waals surface area contributed by atoms with Crippen molar-refractivity contribution in [2.24, 2.45) is 11.1 Å². The van der Waals surface area contributed by atoms with Gasteiger partial charge in [-0.05, 0) is 37.8 Å². The van der Waals surface area contributed by atoms with Gasteiger partial charge >= 0.3 is 0 Å². The Morgan fingerprint density at radius 1 is 1.48 bits per heavy atom. The molecule has 0 aromatic heterocycles. The van der Waals surface area contributed by atoms with Crippen molar-refractivity contribution in [2.45, 2.75) is 19.8 Å². The van der Waals surface area contributed by atoms with Crippen LogP contribution in [-0.2, 0) is 10.0 Å². The van der Waals surface area contributed by atoms with Gasteiger partial charge in [0.05, 0.1) is 10.7 Å². The van der Waals surface area contributed by atoms with Crippen LogP contribution in [0, 0.1) is 16.0 Å². The van der Waals surface area contributed by atoms with E-state index in [1.165, 1.54) is 13.0 Å². The number of ketones is 1. The molecule has 1 aromatic rings. The van der Waals surface area contributed by atoms with Gasteiger partial charge in [-0.3, -0.25) is 14.9 Å². The zero-order valence-corrected chi connectivity index (χ0v) is 13.6. The highest BCUT2D eigenvalue weighted by Crippen LogP contribution is 2.32. The molecule has 2 N–H and O–H groups in total. The number of carbonyl (C=O) groups is 1. The fourth-order valence-corrected chi connectivity index (χ4v) is 3.83. The number of nitro groups is 1. The Bertz CT molecular complexity index is 732. The summed E-state index contributed by atoms with van der Waals surface area (Å²) in [6.07, 6.45) is 1.44. The molecule has 23 heavy (non-hydrogen) atoms. The first kappa shape index (κ1) is 17.4. The number of anilines is 1. The summed E-state index contributed by atoms with van der Waals surface area (Å²) in [5.74, 6) is -0.542. The van der Waals surface area contributed by atoms with E-state index in [1.807, 2.05) is 0 Å². The first-order valence-electron chi connectivity index (χ1n) is 7.22. The average Bonchev–Trinajstić information content (AvgIpc) is 2.45. The van der Waals surface area contributed by atoms with Gasteiger partial charge in [-0.15, -0.1) is 0 Å². The number of piperidine rings is 1. The van der Waals surface area contributed by atoms with E-state index < -0.39 is 14.9 Å². The summed E-state index contributed by atoms with van der Waals surface area (Å²) >= 11 is 0. The number of nitro benzene ring substituents is 1. The highest BCUT2D eigenvalue weighted by molar-refractivity contribution is 7.89. The van der Waals surface area contributed by atoms with E-state index in [2.05, 4.69) is 0 Å². The minimum atomic E-state index is -3.58. The number of primary sulfonamides is 1. The van der Waals surface area contributed by atoms with Crippen molar-refractivity contribution in [1.82, 2.24) is 0 Å². The average molecular weight is 341 g/mol. The molecule has 1 fully saturated rings. The van der Waals surface area contributed by atoms with Gasteiger partial charge < -0.3 is 4.90 Å². The number of sulfonamides is 1. The van der Waals surface area contributed by atoms with Crippen molar-refractivity contribution in [2.75, 3.05) is 23.7 Å². The molecular weight excluding hydrogens is 322 g/mol. The smallest absolute Gasteiger partial charge is 0.293 e. The molecule has 0 spiro atoms. The Balaban J connectivity index is 2.30. The number of rotatable bonds is 5. The molecule has 0 amide bonds. The van der Waals surface area contributed by atoms with Gasteiger partial charge in [0.15, 0.2) is 5.78 Å². The number of nitrogens with two attached hydrogens (primary N) is 1. The lowest BCUT2D eigenvalue weighted by molar-refractivity contribution is -0.384. The lowest BCUT2D eigenvalue weighted by atomic mass is 9.98. The second-order valence-electron chi connectivity index (χ2n) is 5.80. The van der Waals surface area contributed by atoms with Crippen molar-refractivity contribution in [3.8, 4) is 0 Å². The highest BCUT2D eigenvalue weighted by atomic mass is 32.2. The van der Waals surface area contributed by atoms with Crippen molar-refractivity contribution >= 4 is 27.2 Å². The third kappa shape index (κ3) is 4.49. The number of benzene rings is 1. The van der Waals surface area contributed by atoms with Crippen LogP contribution in [0.4, 0.5) is 11.4 Å². The molecular formula is C14H19N3O5S. The molecule has 0 radical (unpaired) electrons. The van der Waals surface area contributed by atoms with Crippen LogP contribution in [0.15, 0.2) is 18.2 Å². The molecule has 126 valence electrons. The lowest BCUT2D eigenvalue weighted by Crippen LogP contribution is -2.39. The molecule has 1 aromatic carbocycles. The van der Waals surface area contributed by atoms with E-state index in [4.69, 9.17) is 5.14 Å². The third-order valence-corrected chi connectivity index (χ3v) is 4.84. The molecule has 1 atom stereocenters. The van der Waals surface area contributed by atoms with Gasteiger partial charge in [-0.2, -0.15) is 0 Å². The van der Waals surface area contributed by atoms with Crippen LogP contribution >= 0.6 is 0 Å². The van der Waals surface area contributed by atoms with Gasteiger partial charge in [0.25, 0.3) is 5.69 Å². The lowest BCUT2D eigenvalue weighted by Gasteiger charge is -2.33. The number of carbonyl (C=O) groups excluding carboxylic acids is 1. The summed E-state index contributed by atoms with van der Waals surface area (Å²) in [5.41, 5.74) is 0.534. The number of Topliss-reactive ketones (excluding diaryl/α,β-unsaturated/α-hetero) is 1. The number of hydrogen-bond donors (Lipinski definition) is 1. The van der Waals surface area contributed by atoms with Gasteiger partial charge in [0, 0.05) is 24.7 Å². The molecule has 1 saturated heterocycles. The fourth-order valence-electron chi connectivity index (χ4n) is 2.90. The van der Waals surface area contributed by atoms with E-state index >= 15 is 0 Å². The van der Waals surface area contributed by atoms with E-state index in [-0.39, 0.29) is 28.7 Å². The summed E-state index contributed by atoms with van der Waals surface area (Å²) < 4.78 is 22.5. The Kier molecular flexibility index (Phi) is 5.00. The summed E-state index contributed by atoms with van der Waals surface area (Å²) in [4.78, 5) is 24.0. The second-order valence-corrected chi connectivity index (χ2v) is 7.46. The minimum Gasteiger partial charge on any atom is -0.366 e. The van der Waals surface area contributed by atoms with Gasteiger partial charge in [0.1, 0.15) is 5.69 Å². The zero-order chi connectivity index (χ0) is 17.2. The monoisotopic (exact) mass is 341 g/mol. The quantitative estimate of drug-likeness (QED) is 0.489. The van der Waals surface area contributed by atoms with Crippen LogP contribution < -0.4 is 10.0 Å². The predicted molar refractivity (Wildman–Crippen MR) is 86.0 cm³/mol. The van der Waals surface area contributed by atoms with Crippen LogP contribution in [0.2, 0.25) is 0 Å². The minimum absolute atomic E-state index is 0.136. The van der Waals surface area contributed by atoms with Gasteiger partial charge in [-0.25, -0.2) is 13.6 Å². The largest absolute Gasteiger partial charge is 0.366 e. The standard InChI is InChI=1S/C14H19N3O5S/c1-10(18)12-4-5-13(14(7-12)17(19)20)16-6-2-3-11(8-16)9-23(15,21)22/h4-5,7,11H,2-3,6,8-9H2,1H3,(H2,15,21,22). The zero-order valence-electron chi connectivity index (χ0n) is 12.8. The number of hydrogen-bond acceptors (Lipinski definition) is 6. The Morgan fingerprint density at radius 3 is 2.74 bits per heavy atom. The highest BCUT2D eigenvalue weighted by Gasteiger charge is 2.28. The first-order chi connectivity index (χ1) is 10.7. The molecule has 0 aliphatic carbocycles. The van der Waals surface area contributed by atoms with Crippen LogP contribution in [0.5, 0.6) is 0 Å². The van der Waals surface area contributed by atoms with E-state index in [1.54, 1.807) is 17.0 Å². The van der Waals surface area contributed by atoms with Crippen molar-refractivity contribution in [1.29, 1.82) is 0 Å². The molecule has 1 aliphatic heterocycles. The second kappa shape index (κ2) is 6.63. The van der Waals surface area contributed by atoms with Crippen LogP contribution in [0.1, 0.15) is 30.1 Å². The van der Waals surface area contributed by atoms with E-state index in [0.717, 1.165) is 6.42 Å². The Labute approximate surface area is 134 Å². The Morgan fingerprint density at radius 2 is 2.17 bits per heavy atom. The third-order valence-electron chi connectivity index (χ3n) is 3.91. The van der Waals surface area contributed by atoms with Crippen LogP contribution in [0.25, 0.3) is 0 Å². The Hall–Kier alpha value is -2.00. The molecule has 8 nitrogen and oxygen atoms in total. The maximum Gasteiger partial charge on any atom is 0.293 e.